The third kappa shape index (κ3) is 4.97. The molecule has 0 unspecified atom stereocenters. The fourth-order valence-corrected chi connectivity index (χ4v) is 3.97. The Labute approximate surface area is 163 Å². The number of amides is 1. The summed E-state index contributed by atoms with van der Waals surface area (Å²) >= 11 is 1.33. The van der Waals surface area contributed by atoms with Crippen LogP contribution >= 0.6 is 11.8 Å². The van der Waals surface area contributed by atoms with Crippen LogP contribution in [0.4, 0.5) is 4.39 Å². The van der Waals surface area contributed by atoms with Crippen molar-refractivity contribution < 1.29 is 9.18 Å². The highest BCUT2D eigenvalue weighted by Gasteiger charge is 2.20. The van der Waals surface area contributed by atoms with E-state index in [1.807, 2.05) is 6.92 Å². The zero-order valence-corrected chi connectivity index (χ0v) is 16.6. The maximum absolute atomic E-state index is 14.0. The van der Waals surface area contributed by atoms with Crippen molar-refractivity contribution in [2.45, 2.75) is 49.4 Å². The Morgan fingerprint density at radius 3 is 2.89 bits per heavy atom. The number of allylic oxidation sites excluding steroid dienone is 1. The number of thioether (sulfide) groups is 1. The second-order valence-corrected chi connectivity index (χ2v) is 8.06. The van der Waals surface area contributed by atoms with Gasteiger partial charge in [-0.1, -0.05) is 35.5 Å². The van der Waals surface area contributed by atoms with Crippen LogP contribution in [0, 0.1) is 5.82 Å². The molecular formula is C20H25FN4OS. The average molecular weight is 389 g/mol. The number of nitrogens with one attached hydrogen (secondary N) is 1. The fraction of sp³-hybridized carbons (Fsp3) is 0.450. The zero-order valence-electron chi connectivity index (χ0n) is 15.7. The van der Waals surface area contributed by atoms with E-state index in [1.54, 1.807) is 29.8 Å². The normalized spacial score (nSPS) is 15.3. The monoisotopic (exact) mass is 388 g/mol. The number of hydrogen-bond donors (Lipinski definition) is 1. The van der Waals surface area contributed by atoms with Gasteiger partial charge in [-0.15, -0.1) is 10.2 Å². The molecule has 0 radical (unpaired) electrons. The first-order chi connectivity index (χ1) is 13.1. The van der Waals surface area contributed by atoms with Gasteiger partial charge in [0.05, 0.1) is 10.8 Å². The molecule has 1 aliphatic carbocycles. The van der Waals surface area contributed by atoms with Crippen LogP contribution < -0.4 is 5.32 Å². The summed E-state index contributed by atoms with van der Waals surface area (Å²) in [4.78, 5) is 12.4. The highest BCUT2D eigenvalue weighted by Crippen LogP contribution is 2.27. The summed E-state index contributed by atoms with van der Waals surface area (Å²) in [7, 11) is 1.78. The van der Waals surface area contributed by atoms with Gasteiger partial charge in [0.15, 0.2) is 11.0 Å². The van der Waals surface area contributed by atoms with E-state index in [4.69, 9.17) is 0 Å². The zero-order chi connectivity index (χ0) is 19.2. The van der Waals surface area contributed by atoms with Crippen LogP contribution in [0.1, 0.15) is 39.0 Å². The van der Waals surface area contributed by atoms with E-state index in [2.05, 4.69) is 21.6 Å². The molecule has 1 aliphatic rings. The molecule has 0 bridgehead atoms. The van der Waals surface area contributed by atoms with Gasteiger partial charge in [0.25, 0.3) is 0 Å². The number of nitrogens with zero attached hydrogens (tertiary/aromatic N) is 3. The van der Waals surface area contributed by atoms with Crippen LogP contribution in [-0.2, 0) is 11.8 Å². The van der Waals surface area contributed by atoms with Gasteiger partial charge in [0.1, 0.15) is 5.82 Å². The molecular weight excluding hydrogens is 363 g/mol. The van der Waals surface area contributed by atoms with E-state index in [-0.39, 0.29) is 17.0 Å². The van der Waals surface area contributed by atoms with Crippen LogP contribution in [0.3, 0.4) is 0 Å². The summed E-state index contributed by atoms with van der Waals surface area (Å²) in [5, 5.41) is 11.5. The quantitative estimate of drug-likeness (QED) is 0.573. The van der Waals surface area contributed by atoms with Gasteiger partial charge in [-0.2, -0.15) is 0 Å². The molecule has 7 heteroatoms. The summed E-state index contributed by atoms with van der Waals surface area (Å²) in [6.45, 7) is 2.51. The summed E-state index contributed by atoms with van der Waals surface area (Å²) < 4.78 is 15.7. The van der Waals surface area contributed by atoms with E-state index in [9.17, 15) is 9.18 Å². The minimum atomic E-state index is -0.340. The lowest BCUT2D eigenvalue weighted by molar-refractivity contribution is -0.120. The number of carbonyl (C=O) groups is 1. The largest absolute Gasteiger partial charge is 0.355 e. The molecule has 0 fully saturated rings. The van der Waals surface area contributed by atoms with Crippen LogP contribution in [0.25, 0.3) is 11.4 Å². The number of halogens is 1. The van der Waals surface area contributed by atoms with E-state index in [0.717, 1.165) is 19.3 Å². The van der Waals surface area contributed by atoms with Gasteiger partial charge in [-0.25, -0.2) is 4.39 Å². The maximum atomic E-state index is 14.0. The molecule has 3 rings (SSSR count). The maximum Gasteiger partial charge on any atom is 0.233 e. The second-order valence-electron chi connectivity index (χ2n) is 6.75. The van der Waals surface area contributed by atoms with Crippen LogP contribution in [-0.4, -0.2) is 32.5 Å². The lowest BCUT2D eigenvalue weighted by Crippen LogP contribution is -2.32. The Bertz CT molecular complexity index is 833. The molecule has 144 valence electrons. The van der Waals surface area contributed by atoms with Gasteiger partial charge >= 0.3 is 0 Å². The lowest BCUT2D eigenvalue weighted by Gasteiger charge is -2.14. The highest BCUT2D eigenvalue weighted by atomic mass is 32.2. The highest BCUT2D eigenvalue weighted by molar-refractivity contribution is 8.00. The molecule has 2 aromatic rings. The van der Waals surface area contributed by atoms with E-state index < -0.39 is 0 Å². The van der Waals surface area contributed by atoms with Gasteiger partial charge in [-0.3, -0.25) is 4.79 Å². The Morgan fingerprint density at radius 1 is 1.33 bits per heavy atom. The Balaban J connectivity index is 1.56. The molecule has 1 aromatic carbocycles. The van der Waals surface area contributed by atoms with Gasteiger partial charge in [0, 0.05) is 13.6 Å². The third-order valence-corrected chi connectivity index (χ3v) is 5.87. The number of hydrogen-bond acceptors (Lipinski definition) is 4. The number of aromatic nitrogens is 3. The second kappa shape index (κ2) is 9.17. The first-order valence-electron chi connectivity index (χ1n) is 9.33. The summed E-state index contributed by atoms with van der Waals surface area (Å²) in [6, 6.07) is 6.47. The molecule has 0 saturated carbocycles. The van der Waals surface area contributed by atoms with E-state index in [0.29, 0.717) is 23.1 Å². The summed E-state index contributed by atoms with van der Waals surface area (Å²) in [6.07, 6.45) is 8.06. The molecule has 0 saturated heterocycles. The topological polar surface area (TPSA) is 59.8 Å². The first kappa shape index (κ1) is 19.6. The van der Waals surface area contributed by atoms with Crippen molar-refractivity contribution in [2.75, 3.05) is 6.54 Å². The van der Waals surface area contributed by atoms with Gasteiger partial charge in [-0.05, 0) is 51.2 Å². The standard InChI is InChI=1S/C20H25FN4OS/c1-14(19(26)22-13-12-15-8-4-3-5-9-15)27-20-24-23-18(25(20)2)16-10-6-7-11-17(16)21/h6-8,10-11,14H,3-5,9,12-13H2,1-2H3,(H,22,26)/t14-/m1/s1. The predicted molar refractivity (Wildman–Crippen MR) is 106 cm³/mol. The minimum absolute atomic E-state index is 0.0214. The molecule has 0 spiro atoms. The molecule has 1 amide bonds. The van der Waals surface area contributed by atoms with Crippen LogP contribution in [0.5, 0.6) is 0 Å². The van der Waals surface area contributed by atoms with Gasteiger partial charge < -0.3 is 9.88 Å². The SMILES string of the molecule is C[C@@H](Sc1nnc(-c2ccccc2F)n1C)C(=O)NCCC1=CCCCC1. The number of benzene rings is 1. The van der Waals surface area contributed by atoms with Crippen molar-refractivity contribution in [3.63, 3.8) is 0 Å². The predicted octanol–water partition coefficient (Wildman–Crippen LogP) is 4.11. The smallest absolute Gasteiger partial charge is 0.233 e. The van der Waals surface area contributed by atoms with Crippen molar-refractivity contribution >= 4 is 17.7 Å². The van der Waals surface area contributed by atoms with E-state index in [1.165, 1.54) is 36.2 Å². The number of carbonyl (C=O) groups excluding carboxylic acids is 1. The fourth-order valence-electron chi connectivity index (χ4n) is 3.13. The Hall–Kier alpha value is -2.15. The average Bonchev–Trinajstić information content (AvgIpc) is 3.03. The molecule has 0 aliphatic heterocycles. The summed E-state index contributed by atoms with van der Waals surface area (Å²) in [5.74, 6) is 0.0895. The third-order valence-electron chi connectivity index (χ3n) is 4.73. The lowest BCUT2D eigenvalue weighted by atomic mass is 9.97. The minimum Gasteiger partial charge on any atom is -0.355 e. The molecule has 1 atom stereocenters. The van der Waals surface area contributed by atoms with Gasteiger partial charge in [0.2, 0.25) is 5.91 Å². The van der Waals surface area contributed by atoms with Crippen molar-refractivity contribution in [3.05, 3.63) is 41.7 Å². The molecule has 27 heavy (non-hydrogen) atoms. The Morgan fingerprint density at radius 2 is 2.15 bits per heavy atom. The van der Waals surface area contributed by atoms with E-state index >= 15 is 0 Å². The van der Waals surface area contributed by atoms with Crippen molar-refractivity contribution in [2.24, 2.45) is 7.05 Å². The van der Waals surface area contributed by atoms with Crippen molar-refractivity contribution in [1.29, 1.82) is 0 Å². The molecule has 5 nitrogen and oxygen atoms in total. The molecule has 1 aromatic heterocycles. The summed E-state index contributed by atoms with van der Waals surface area (Å²) in [5.41, 5.74) is 1.85. The first-order valence-corrected chi connectivity index (χ1v) is 10.2. The molecule has 1 N–H and O–H groups in total. The van der Waals surface area contributed by atoms with Crippen molar-refractivity contribution in [3.8, 4) is 11.4 Å². The van der Waals surface area contributed by atoms with Crippen LogP contribution in [0.15, 0.2) is 41.1 Å². The van der Waals surface area contributed by atoms with Crippen molar-refractivity contribution in [1.82, 2.24) is 20.1 Å². The Kier molecular flexibility index (Phi) is 6.66. The number of rotatable bonds is 7. The molecule has 1 heterocycles. The van der Waals surface area contributed by atoms with Crippen LogP contribution in [0.2, 0.25) is 0 Å².